The highest BCUT2D eigenvalue weighted by Gasteiger charge is 2.14. The minimum Gasteiger partial charge on any atom is -0.494 e. The molecule has 2 aromatic carbocycles. The van der Waals surface area contributed by atoms with Crippen LogP contribution in [0.15, 0.2) is 76.6 Å². The van der Waals surface area contributed by atoms with Crippen LogP contribution in [0.3, 0.4) is 0 Å². The van der Waals surface area contributed by atoms with Gasteiger partial charge >= 0.3 is 0 Å². The Kier molecular flexibility index (Phi) is 8.26. The van der Waals surface area contributed by atoms with Gasteiger partial charge in [-0.05, 0) is 48.9 Å². The average molecular weight is 490 g/mol. The number of pyridine rings is 1. The summed E-state index contributed by atoms with van der Waals surface area (Å²) in [6, 6.07) is 16.0. The molecule has 10 heteroatoms. The molecule has 0 saturated heterocycles. The molecule has 3 aromatic rings. The van der Waals surface area contributed by atoms with Crippen LogP contribution in [-0.4, -0.2) is 32.0 Å². The number of sulfonamides is 1. The molecule has 33 heavy (non-hydrogen) atoms. The molecule has 8 nitrogen and oxygen atoms in total. The molecule has 0 radical (unpaired) electrons. The number of hydrogen-bond donors (Lipinski definition) is 2. The Bertz CT molecular complexity index is 1270. The van der Waals surface area contributed by atoms with Crippen molar-refractivity contribution in [3.05, 3.63) is 87.8 Å². The molecular weight excluding hydrogens is 466 g/mol. The fourth-order valence-electron chi connectivity index (χ4n) is 3.03. The van der Waals surface area contributed by atoms with Crippen LogP contribution in [0.2, 0.25) is 5.02 Å². The van der Waals surface area contributed by atoms with Crippen LogP contribution in [0.5, 0.6) is 5.75 Å². The summed E-state index contributed by atoms with van der Waals surface area (Å²) in [5.74, 6) is 0.180. The van der Waals surface area contributed by atoms with Gasteiger partial charge in [-0.15, -0.1) is 0 Å². The number of benzene rings is 2. The first-order chi connectivity index (χ1) is 15.8. The molecular formula is C23H24ClN3O5S. The van der Waals surface area contributed by atoms with E-state index in [0.717, 1.165) is 5.56 Å². The van der Waals surface area contributed by atoms with Crippen LogP contribution in [0.4, 0.5) is 5.69 Å². The maximum atomic E-state index is 12.4. The number of nitrogens with zero attached hydrogens (tertiary/aromatic N) is 1. The Labute approximate surface area is 197 Å². The molecule has 174 valence electrons. The molecule has 0 aliphatic carbocycles. The molecule has 1 amide bonds. The molecule has 3 rings (SSSR count). The first-order valence-corrected chi connectivity index (χ1v) is 12.1. The molecule has 0 saturated carbocycles. The van der Waals surface area contributed by atoms with E-state index in [1.54, 1.807) is 24.3 Å². The highest BCUT2D eigenvalue weighted by Crippen LogP contribution is 2.17. The summed E-state index contributed by atoms with van der Waals surface area (Å²) in [6.45, 7) is 2.49. The second-order valence-electron chi connectivity index (χ2n) is 7.08. The van der Waals surface area contributed by atoms with Gasteiger partial charge in [0.05, 0.1) is 23.7 Å². The number of rotatable bonds is 10. The van der Waals surface area contributed by atoms with Gasteiger partial charge in [-0.3, -0.25) is 9.59 Å². The number of halogens is 1. The Balaban J connectivity index is 1.56. The van der Waals surface area contributed by atoms with Crippen molar-refractivity contribution in [1.82, 2.24) is 9.29 Å². The highest BCUT2D eigenvalue weighted by atomic mass is 35.5. The standard InChI is InChI=1S/C23H24ClN3O5S/c1-2-32-19-8-10-20(11-9-19)33(30,31)25-14-13-22(28)26-18-7-12-23(29)27(16-18)15-17-5-3-4-6-21(17)24/h3-12,16,25H,2,13-15H2,1H3,(H,26,28). The molecule has 0 bridgehead atoms. The molecule has 0 aliphatic rings. The van der Waals surface area contributed by atoms with Crippen LogP contribution in [-0.2, 0) is 21.4 Å². The Morgan fingerprint density at radius 1 is 1.06 bits per heavy atom. The lowest BCUT2D eigenvalue weighted by atomic mass is 10.2. The van der Waals surface area contributed by atoms with Crippen molar-refractivity contribution in [2.24, 2.45) is 0 Å². The number of amides is 1. The summed E-state index contributed by atoms with van der Waals surface area (Å²) in [4.78, 5) is 24.5. The molecule has 0 aliphatic heterocycles. The number of anilines is 1. The fraction of sp³-hybridized carbons (Fsp3) is 0.217. The fourth-order valence-corrected chi connectivity index (χ4v) is 4.25. The van der Waals surface area contributed by atoms with Gasteiger partial charge in [-0.1, -0.05) is 29.8 Å². The van der Waals surface area contributed by atoms with E-state index in [1.165, 1.54) is 35.0 Å². The minimum atomic E-state index is -3.76. The lowest BCUT2D eigenvalue weighted by molar-refractivity contribution is -0.116. The van der Waals surface area contributed by atoms with E-state index in [2.05, 4.69) is 10.0 Å². The van der Waals surface area contributed by atoms with E-state index in [9.17, 15) is 18.0 Å². The van der Waals surface area contributed by atoms with Crippen molar-refractivity contribution < 1.29 is 17.9 Å². The molecule has 0 atom stereocenters. The predicted octanol–water partition coefficient (Wildman–Crippen LogP) is 3.26. The summed E-state index contributed by atoms with van der Waals surface area (Å²) < 4.78 is 33.9. The Morgan fingerprint density at radius 2 is 1.79 bits per heavy atom. The highest BCUT2D eigenvalue weighted by molar-refractivity contribution is 7.89. The Morgan fingerprint density at radius 3 is 2.48 bits per heavy atom. The summed E-state index contributed by atoms with van der Waals surface area (Å²) in [7, 11) is -3.76. The second kappa shape index (κ2) is 11.1. The third-order valence-corrected chi connectivity index (χ3v) is 6.50. The lowest BCUT2D eigenvalue weighted by Gasteiger charge is -2.11. The third kappa shape index (κ3) is 6.92. The van der Waals surface area contributed by atoms with Gasteiger partial charge in [0.15, 0.2) is 0 Å². The van der Waals surface area contributed by atoms with E-state index < -0.39 is 15.9 Å². The van der Waals surface area contributed by atoms with Crippen molar-refractivity contribution in [1.29, 1.82) is 0 Å². The first-order valence-electron chi connectivity index (χ1n) is 10.2. The smallest absolute Gasteiger partial charge is 0.250 e. The van der Waals surface area contributed by atoms with E-state index in [1.807, 2.05) is 19.1 Å². The van der Waals surface area contributed by atoms with Crippen LogP contribution >= 0.6 is 11.6 Å². The summed E-state index contributed by atoms with van der Waals surface area (Å²) >= 11 is 6.16. The second-order valence-corrected chi connectivity index (χ2v) is 9.25. The van der Waals surface area contributed by atoms with Gasteiger partial charge in [0.1, 0.15) is 5.75 Å². The van der Waals surface area contributed by atoms with E-state index in [0.29, 0.717) is 23.1 Å². The SMILES string of the molecule is CCOc1ccc(S(=O)(=O)NCCC(=O)Nc2ccc(=O)n(Cc3ccccc3Cl)c2)cc1. The van der Waals surface area contributed by atoms with Crippen LogP contribution in [0, 0.1) is 0 Å². The van der Waals surface area contributed by atoms with Gasteiger partial charge in [-0.25, -0.2) is 13.1 Å². The van der Waals surface area contributed by atoms with Crippen molar-refractivity contribution >= 4 is 33.2 Å². The molecule has 1 heterocycles. The first kappa shape index (κ1) is 24.5. The number of ether oxygens (including phenoxy) is 1. The molecule has 2 N–H and O–H groups in total. The predicted molar refractivity (Wildman–Crippen MR) is 127 cm³/mol. The zero-order chi connectivity index (χ0) is 23.8. The topological polar surface area (TPSA) is 106 Å². The number of nitrogens with one attached hydrogen (secondary N) is 2. The zero-order valence-electron chi connectivity index (χ0n) is 18.0. The average Bonchev–Trinajstić information content (AvgIpc) is 2.78. The summed E-state index contributed by atoms with van der Waals surface area (Å²) in [6.07, 6.45) is 1.44. The van der Waals surface area contributed by atoms with E-state index in [-0.39, 0.29) is 30.0 Å². The molecule has 0 spiro atoms. The number of hydrogen-bond acceptors (Lipinski definition) is 5. The normalized spacial score (nSPS) is 11.2. The molecule has 0 unspecified atom stereocenters. The lowest BCUT2D eigenvalue weighted by Crippen LogP contribution is -2.28. The number of aromatic nitrogens is 1. The molecule has 0 fully saturated rings. The van der Waals surface area contributed by atoms with Crippen molar-refractivity contribution in [2.45, 2.75) is 24.8 Å². The van der Waals surface area contributed by atoms with Gasteiger partial charge in [0, 0.05) is 30.3 Å². The Hall–Kier alpha value is -3.14. The van der Waals surface area contributed by atoms with Crippen LogP contribution in [0.25, 0.3) is 0 Å². The maximum Gasteiger partial charge on any atom is 0.250 e. The number of carbonyl (C=O) groups excluding carboxylic acids is 1. The van der Waals surface area contributed by atoms with Gasteiger partial charge in [0.25, 0.3) is 5.56 Å². The number of carbonyl (C=O) groups is 1. The van der Waals surface area contributed by atoms with Crippen molar-refractivity contribution in [3.63, 3.8) is 0 Å². The third-order valence-electron chi connectivity index (χ3n) is 4.65. The summed E-state index contributed by atoms with van der Waals surface area (Å²) in [5, 5.41) is 3.21. The van der Waals surface area contributed by atoms with Gasteiger partial charge in [-0.2, -0.15) is 0 Å². The maximum absolute atomic E-state index is 12.4. The van der Waals surface area contributed by atoms with Crippen molar-refractivity contribution in [3.8, 4) is 5.75 Å². The van der Waals surface area contributed by atoms with Crippen LogP contribution < -0.4 is 20.3 Å². The largest absolute Gasteiger partial charge is 0.494 e. The summed E-state index contributed by atoms with van der Waals surface area (Å²) in [5.41, 5.74) is 0.950. The van der Waals surface area contributed by atoms with E-state index in [4.69, 9.17) is 16.3 Å². The minimum absolute atomic E-state index is 0.0815. The monoisotopic (exact) mass is 489 g/mol. The van der Waals surface area contributed by atoms with E-state index >= 15 is 0 Å². The van der Waals surface area contributed by atoms with Gasteiger partial charge in [0.2, 0.25) is 15.9 Å². The zero-order valence-corrected chi connectivity index (χ0v) is 19.5. The van der Waals surface area contributed by atoms with Crippen molar-refractivity contribution in [2.75, 3.05) is 18.5 Å². The molecule has 1 aromatic heterocycles. The quantitative estimate of drug-likeness (QED) is 0.454. The van der Waals surface area contributed by atoms with Gasteiger partial charge < -0.3 is 14.6 Å². The van der Waals surface area contributed by atoms with Crippen LogP contribution in [0.1, 0.15) is 18.9 Å².